The number of benzene rings is 2. The summed E-state index contributed by atoms with van der Waals surface area (Å²) >= 11 is 0. The van der Waals surface area contributed by atoms with Crippen LogP contribution in [0.3, 0.4) is 0 Å². The number of nitrogens with two attached hydrogens (primary N) is 1. The number of nitrogen functional groups attached to an aromatic ring is 1. The molecule has 0 bridgehead atoms. The van der Waals surface area contributed by atoms with E-state index in [1.807, 2.05) is 19.2 Å². The number of anilines is 1. The van der Waals surface area contributed by atoms with E-state index in [1.54, 1.807) is 6.07 Å². The highest BCUT2D eigenvalue weighted by Gasteiger charge is 2.70. The number of phenols is 1. The van der Waals surface area contributed by atoms with E-state index in [-0.39, 0.29) is 51.5 Å². The zero-order valence-electron chi connectivity index (χ0n) is 37.7. The highest BCUT2D eigenvalue weighted by atomic mass is 16.6. The zero-order chi connectivity index (χ0) is 42.6. The fourth-order valence-electron chi connectivity index (χ4n) is 16.3. The van der Waals surface area contributed by atoms with Crippen LogP contribution in [0.5, 0.6) is 5.75 Å². The number of aliphatic hydroxyl groups excluding tert-OH is 1. The maximum Gasteiger partial charge on any atom is 0.160 e. The van der Waals surface area contributed by atoms with Crippen LogP contribution in [-0.4, -0.2) is 46.6 Å². The van der Waals surface area contributed by atoms with Gasteiger partial charge in [-0.25, -0.2) is 0 Å². The molecule has 7 aliphatic rings. The molecule has 2 aromatic carbocycles. The monoisotopic (exact) mass is 819 g/mol. The van der Waals surface area contributed by atoms with E-state index in [9.17, 15) is 19.8 Å². The molecule has 0 aromatic heterocycles. The number of aromatic hydroxyl groups is 1. The number of carbonyl (C=O) groups excluding carboxylic acids is 2. The largest absolute Gasteiger partial charge is 0.508 e. The van der Waals surface area contributed by atoms with Gasteiger partial charge in [0.15, 0.2) is 5.78 Å². The van der Waals surface area contributed by atoms with Crippen LogP contribution in [0.2, 0.25) is 0 Å². The van der Waals surface area contributed by atoms with Crippen molar-refractivity contribution in [1.29, 1.82) is 0 Å². The fraction of sp³-hybridized carbons (Fsp3) is 0.698. The SMILES string of the molecule is CNCc1cc(O)cc([C@@H]2C[C@@]3(C)[C@H]4CCC5=C([C@@H](C[C@@H](O)[C@H]6O[C@]6(C)[C@@H]6CCC[C@H]6c6cccc(N)c6)C6CCCCC6)C(=O)C[C@]5(C)[C@@]4(C)CC[C@H]3C(C)(C)C2=O)c1. The molecule has 5 saturated carbocycles. The van der Waals surface area contributed by atoms with Crippen molar-refractivity contribution in [2.24, 2.45) is 51.2 Å². The van der Waals surface area contributed by atoms with Crippen molar-refractivity contribution in [3.63, 3.8) is 0 Å². The molecule has 12 atom stereocenters. The normalized spacial score (nSPS) is 39.9. The molecule has 6 fully saturated rings. The smallest absolute Gasteiger partial charge is 0.160 e. The van der Waals surface area contributed by atoms with Crippen molar-refractivity contribution in [3.8, 4) is 5.75 Å². The van der Waals surface area contributed by atoms with Crippen LogP contribution < -0.4 is 11.1 Å². The Morgan fingerprint density at radius 2 is 1.65 bits per heavy atom. The number of epoxide rings is 1. The van der Waals surface area contributed by atoms with Gasteiger partial charge >= 0.3 is 0 Å². The minimum atomic E-state index is -0.622. The zero-order valence-corrected chi connectivity index (χ0v) is 37.7. The molecule has 2 aromatic rings. The number of allylic oxidation sites excluding steroid dienone is 2. The second kappa shape index (κ2) is 15.1. The first-order chi connectivity index (χ1) is 28.5. The summed E-state index contributed by atoms with van der Waals surface area (Å²) in [5, 5.41) is 26.4. The minimum Gasteiger partial charge on any atom is -0.508 e. The lowest BCUT2D eigenvalue weighted by Crippen LogP contribution is -2.63. The van der Waals surface area contributed by atoms with E-state index in [0.29, 0.717) is 54.6 Å². The van der Waals surface area contributed by atoms with Gasteiger partial charge < -0.3 is 26.0 Å². The number of hydrogen-bond acceptors (Lipinski definition) is 7. The molecule has 0 spiro atoms. The quantitative estimate of drug-likeness (QED) is 0.139. The number of hydrogen-bond donors (Lipinski definition) is 4. The third-order valence-electron chi connectivity index (χ3n) is 19.2. The van der Waals surface area contributed by atoms with Gasteiger partial charge in [-0.3, -0.25) is 9.59 Å². The van der Waals surface area contributed by atoms with Gasteiger partial charge in [0, 0.05) is 35.4 Å². The molecule has 326 valence electrons. The van der Waals surface area contributed by atoms with Crippen molar-refractivity contribution in [3.05, 3.63) is 70.3 Å². The first-order valence-corrected chi connectivity index (χ1v) is 24.0. The van der Waals surface area contributed by atoms with Crippen LogP contribution in [0, 0.1) is 51.2 Å². The Bertz CT molecular complexity index is 2050. The summed E-state index contributed by atoms with van der Waals surface area (Å²) in [5.41, 5.74) is 11.4. The van der Waals surface area contributed by atoms with Crippen LogP contribution in [-0.2, 0) is 20.9 Å². The summed E-state index contributed by atoms with van der Waals surface area (Å²) in [6, 6.07) is 14.1. The van der Waals surface area contributed by atoms with Crippen molar-refractivity contribution in [1.82, 2.24) is 5.32 Å². The van der Waals surface area contributed by atoms with Crippen LogP contribution in [0.15, 0.2) is 53.6 Å². The van der Waals surface area contributed by atoms with Gasteiger partial charge in [-0.15, -0.1) is 0 Å². The molecule has 0 amide bonds. The molecule has 0 radical (unpaired) electrons. The third kappa shape index (κ3) is 6.51. The highest BCUT2D eigenvalue weighted by molar-refractivity contribution is 6.01. The Kier molecular flexibility index (Phi) is 10.6. The van der Waals surface area contributed by atoms with E-state index in [0.717, 1.165) is 86.6 Å². The van der Waals surface area contributed by atoms with Crippen molar-refractivity contribution >= 4 is 17.3 Å². The summed E-state index contributed by atoms with van der Waals surface area (Å²) in [4.78, 5) is 29.6. The van der Waals surface area contributed by atoms with E-state index in [1.165, 1.54) is 30.4 Å². The lowest BCUT2D eigenvalue weighted by atomic mass is 9.35. The minimum absolute atomic E-state index is 0.0478. The average molecular weight is 819 g/mol. The second-order valence-corrected chi connectivity index (χ2v) is 22.6. The predicted molar refractivity (Wildman–Crippen MR) is 238 cm³/mol. The molecular weight excluding hydrogens is 745 g/mol. The maximum atomic E-state index is 15.0. The molecule has 6 aliphatic carbocycles. The van der Waals surface area contributed by atoms with E-state index >= 15 is 0 Å². The first kappa shape index (κ1) is 42.3. The Morgan fingerprint density at radius 3 is 2.38 bits per heavy atom. The van der Waals surface area contributed by atoms with Crippen molar-refractivity contribution in [2.45, 2.75) is 174 Å². The third-order valence-corrected chi connectivity index (χ3v) is 19.2. The van der Waals surface area contributed by atoms with Crippen LogP contribution in [0.25, 0.3) is 0 Å². The Hall–Kier alpha value is -3.00. The Balaban J connectivity index is 1.02. The van der Waals surface area contributed by atoms with Crippen molar-refractivity contribution in [2.75, 3.05) is 12.8 Å². The number of phenolic OH excluding ortho intramolecular Hbond substituents is 1. The lowest BCUT2D eigenvalue weighted by molar-refractivity contribution is -0.183. The summed E-state index contributed by atoms with van der Waals surface area (Å²) in [7, 11) is 1.91. The fourth-order valence-corrected chi connectivity index (χ4v) is 16.3. The van der Waals surface area contributed by atoms with Gasteiger partial charge in [-0.2, -0.15) is 0 Å². The summed E-state index contributed by atoms with van der Waals surface area (Å²) < 4.78 is 6.65. The molecule has 1 aliphatic heterocycles. The van der Waals surface area contributed by atoms with E-state index in [2.05, 4.69) is 71.1 Å². The second-order valence-electron chi connectivity index (χ2n) is 22.6. The molecule has 9 rings (SSSR count). The molecule has 0 unspecified atom stereocenters. The van der Waals surface area contributed by atoms with Gasteiger partial charge in [0.05, 0.1) is 11.7 Å². The van der Waals surface area contributed by atoms with E-state index in [4.69, 9.17) is 10.5 Å². The topological polar surface area (TPSA) is 125 Å². The van der Waals surface area contributed by atoms with Gasteiger partial charge in [-0.1, -0.05) is 84.1 Å². The Labute approximate surface area is 360 Å². The van der Waals surface area contributed by atoms with E-state index < -0.39 is 11.5 Å². The number of ether oxygens (including phenoxy) is 1. The number of rotatable bonds is 10. The number of Topliss-reactive ketones (excluding diaryl/α,β-unsaturated/α-hetero) is 2. The molecule has 60 heavy (non-hydrogen) atoms. The average Bonchev–Trinajstić information content (AvgIpc) is 3.51. The summed E-state index contributed by atoms with van der Waals surface area (Å²) in [6.45, 7) is 14.7. The summed E-state index contributed by atoms with van der Waals surface area (Å²) in [6.07, 6.45) is 14.2. The van der Waals surface area contributed by atoms with Crippen LogP contribution in [0.4, 0.5) is 5.69 Å². The summed E-state index contributed by atoms with van der Waals surface area (Å²) in [5.74, 6) is 2.33. The van der Waals surface area contributed by atoms with Crippen LogP contribution >= 0.6 is 0 Å². The van der Waals surface area contributed by atoms with Gasteiger partial charge in [0.25, 0.3) is 0 Å². The van der Waals surface area contributed by atoms with Gasteiger partial charge in [0.1, 0.15) is 17.6 Å². The number of nitrogens with one attached hydrogen (secondary N) is 1. The van der Waals surface area contributed by atoms with Gasteiger partial charge in [0.2, 0.25) is 0 Å². The number of ketones is 2. The van der Waals surface area contributed by atoms with Gasteiger partial charge in [-0.05, 0) is 171 Å². The first-order valence-electron chi connectivity index (χ1n) is 24.0. The van der Waals surface area contributed by atoms with Crippen molar-refractivity contribution < 1.29 is 24.5 Å². The Morgan fingerprint density at radius 1 is 0.883 bits per heavy atom. The molecule has 1 saturated heterocycles. The van der Waals surface area contributed by atoms with Crippen LogP contribution in [0.1, 0.15) is 166 Å². The number of carbonyl (C=O) groups is 2. The lowest BCUT2D eigenvalue weighted by Gasteiger charge is -2.68. The number of fused-ring (bicyclic) bond motifs is 5. The molecule has 7 heteroatoms. The molecule has 1 heterocycles. The number of aliphatic hydroxyl groups is 1. The molecular formula is C53H74N2O5. The predicted octanol–water partition coefficient (Wildman–Crippen LogP) is 10.6. The molecule has 5 N–H and O–H groups in total. The highest BCUT2D eigenvalue weighted by Crippen LogP contribution is 2.75. The molecule has 7 nitrogen and oxygen atoms in total. The maximum absolute atomic E-state index is 15.0. The standard InChI is InChI=1S/C53H74N2O5/c1-49(2)44-21-22-51(4)45(50(44,3)28-39(47(49)59)34-23-31(30-55-7)24-36(56)26-34)20-19-41-46(43(58)29-52(41,51)5)38(32-13-9-8-10-14-32)27-42(57)48-53(6,60-48)40-18-12-17-37(40)33-15-11-16-35(54)25-33/h11,15-16,23-26,32,37-40,42,44-45,48,55-57H,8-10,12-14,17-22,27-30,54H2,1-7H3/t37-,38-,39-,40+,42+,44-,45+,48+,50+,51-,52-,53+/m0/s1.